The number of esters is 1. The number of benzene rings is 4. The molecule has 178 valence electrons. The van der Waals surface area contributed by atoms with E-state index in [1.54, 1.807) is 29.2 Å². The number of carbonyl (C=O) groups excluding carboxylic acids is 2. The molecule has 0 bridgehead atoms. The first-order chi connectivity index (χ1) is 17.7. The number of hydrogen-bond acceptors (Lipinski definition) is 5. The van der Waals surface area contributed by atoms with E-state index in [1.807, 2.05) is 91.9 Å². The number of rotatable bonds is 7. The molecule has 0 saturated heterocycles. The molecule has 5 rings (SSSR count). The molecular weight excluding hydrogens is 452 g/mol. The van der Waals surface area contributed by atoms with Gasteiger partial charge in [0.25, 0.3) is 5.91 Å². The van der Waals surface area contributed by atoms with E-state index in [9.17, 15) is 9.59 Å². The number of aromatic nitrogens is 1. The van der Waals surface area contributed by atoms with Gasteiger partial charge in [0.1, 0.15) is 5.52 Å². The number of hydrogen-bond donors (Lipinski definition) is 0. The minimum absolute atomic E-state index is 0.279. The molecule has 1 aromatic heterocycles. The van der Waals surface area contributed by atoms with Crippen LogP contribution in [0.25, 0.3) is 22.6 Å². The van der Waals surface area contributed by atoms with Crippen molar-refractivity contribution in [2.45, 2.75) is 19.4 Å². The Labute approximate surface area is 208 Å². The Morgan fingerprint density at radius 1 is 0.806 bits per heavy atom. The number of oxazole rings is 1. The van der Waals surface area contributed by atoms with Crippen LogP contribution in [0.1, 0.15) is 23.7 Å². The van der Waals surface area contributed by atoms with E-state index < -0.39 is 12.1 Å². The van der Waals surface area contributed by atoms with Crippen molar-refractivity contribution in [3.8, 4) is 11.5 Å². The highest BCUT2D eigenvalue weighted by Gasteiger charge is 2.30. The number of para-hydroxylation sites is 4. The van der Waals surface area contributed by atoms with E-state index in [4.69, 9.17) is 9.15 Å². The van der Waals surface area contributed by atoms with Crippen LogP contribution in [0.5, 0.6) is 0 Å². The Morgan fingerprint density at radius 2 is 1.39 bits per heavy atom. The highest BCUT2D eigenvalue weighted by molar-refractivity contribution is 6.05. The molecule has 0 aliphatic heterocycles. The second-order valence-corrected chi connectivity index (χ2v) is 8.18. The lowest BCUT2D eigenvalue weighted by atomic mass is 10.1. The highest BCUT2D eigenvalue weighted by Crippen LogP contribution is 2.30. The first-order valence-electron chi connectivity index (χ1n) is 11.8. The fraction of sp³-hybridized carbons (Fsp3) is 0.100. The number of carbonyl (C=O) groups is 2. The monoisotopic (exact) mass is 476 g/mol. The maximum atomic E-state index is 13.7. The minimum atomic E-state index is -0.991. The summed E-state index contributed by atoms with van der Waals surface area (Å²) in [5.41, 5.74) is 3.48. The minimum Gasteiger partial charge on any atom is -0.449 e. The van der Waals surface area contributed by atoms with Crippen LogP contribution in [0.2, 0.25) is 0 Å². The van der Waals surface area contributed by atoms with Crippen molar-refractivity contribution in [1.29, 1.82) is 0 Å². The fourth-order valence-corrected chi connectivity index (χ4v) is 4.04. The second-order valence-electron chi connectivity index (χ2n) is 8.18. The molecule has 0 saturated carbocycles. The van der Waals surface area contributed by atoms with Crippen LogP contribution in [0.4, 0.5) is 11.4 Å². The number of nitrogens with zero attached hydrogens (tertiary/aromatic N) is 2. The van der Waals surface area contributed by atoms with Crippen molar-refractivity contribution in [2.75, 3.05) is 4.90 Å². The summed E-state index contributed by atoms with van der Waals surface area (Å²) in [4.78, 5) is 33.2. The molecule has 0 radical (unpaired) electrons. The van der Waals surface area contributed by atoms with Crippen LogP contribution < -0.4 is 4.90 Å². The number of fused-ring (bicyclic) bond motifs is 1. The zero-order valence-electron chi connectivity index (χ0n) is 19.7. The SMILES string of the molecule is CCC(OC(=O)c1ccccc1-c1nc2ccccc2o1)C(=O)N(c1ccccc1)c1ccccc1. The van der Waals surface area contributed by atoms with E-state index in [1.165, 1.54) is 0 Å². The summed E-state index contributed by atoms with van der Waals surface area (Å²) < 4.78 is 11.7. The van der Waals surface area contributed by atoms with Crippen molar-refractivity contribution in [3.63, 3.8) is 0 Å². The Morgan fingerprint density at radius 3 is 2.03 bits per heavy atom. The number of anilines is 2. The average molecular weight is 477 g/mol. The van der Waals surface area contributed by atoms with Gasteiger partial charge in [0, 0.05) is 11.4 Å². The summed E-state index contributed by atoms with van der Waals surface area (Å²) in [7, 11) is 0. The van der Waals surface area contributed by atoms with Gasteiger partial charge >= 0.3 is 5.97 Å². The predicted octanol–water partition coefficient (Wildman–Crippen LogP) is 6.80. The van der Waals surface area contributed by atoms with Gasteiger partial charge in [-0.1, -0.05) is 67.6 Å². The Kier molecular flexibility index (Phi) is 6.58. The van der Waals surface area contributed by atoms with Crippen molar-refractivity contribution in [2.24, 2.45) is 0 Å². The Bertz CT molecular complexity index is 1420. The van der Waals surface area contributed by atoms with Crippen LogP contribution in [0, 0.1) is 0 Å². The summed E-state index contributed by atoms with van der Waals surface area (Å²) in [5.74, 6) is -0.630. The fourth-order valence-electron chi connectivity index (χ4n) is 4.04. The van der Waals surface area contributed by atoms with Crippen LogP contribution in [-0.2, 0) is 9.53 Å². The van der Waals surface area contributed by atoms with Gasteiger partial charge < -0.3 is 9.15 Å². The molecule has 4 aromatic carbocycles. The van der Waals surface area contributed by atoms with Crippen LogP contribution in [0.3, 0.4) is 0 Å². The molecule has 1 unspecified atom stereocenters. The second kappa shape index (κ2) is 10.3. The zero-order valence-corrected chi connectivity index (χ0v) is 19.7. The quantitative estimate of drug-likeness (QED) is 0.242. The van der Waals surface area contributed by atoms with Crippen LogP contribution in [0.15, 0.2) is 114 Å². The molecule has 5 aromatic rings. The van der Waals surface area contributed by atoms with Gasteiger partial charge in [0.05, 0.1) is 11.1 Å². The van der Waals surface area contributed by atoms with Crippen molar-refractivity contribution in [1.82, 2.24) is 4.98 Å². The average Bonchev–Trinajstić information content (AvgIpc) is 3.37. The first-order valence-corrected chi connectivity index (χ1v) is 11.8. The third-order valence-corrected chi connectivity index (χ3v) is 5.82. The van der Waals surface area contributed by atoms with Crippen molar-refractivity contribution >= 4 is 34.4 Å². The molecular formula is C30H24N2O4. The molecule has 1 amide bonds. The topological polar surface area (TPSA) is 72.6 Å². The van der Waals surface area contributed by atoms with Crippen molar-refractivity contribution in [3.05, 3.63) is 115 Å². The normalized spacial score (nSPS) is 11.7. The largest absolute Gasteiger partial charge is 0.449 e. The van der Waals surface area contributed by atoms with Gasteiger partial charge in [0.15, 0.2) is 11.7 Å². The van der Waals surface area contributed by atoms with Gasteiger partial charge in [-0.15, -0.1) is 0 Å². The maximum Gasteiger partial charge on any atom is 0.339 e. The molecule has 0 N–H and O–H groups in total. The molecule has 6 nitrogen and oxygen atoms in total. The van der Waals surface area contributed by atoms with E-state index in [2.05, 4.69) is 4.98 Å². The summed E-state index contributed by atoms with van der Waals surface area (Å²) in [6.07, 6.45) is -0.680. The molecule has 0 spiro atoms. The van der Waals surface area contributed by atoms with Crippen LogP contribution >= 0.6 is 0 Å². The van der Waals surface area contributed by atoms with Gasteiger partial charge in [-0.3, -0.25) is 9.69 Å². The third kappa shape index (κ3) is 4.61. The first kappa shape index (κ1) is 23.1. The summed E-state index contributed by atoms with van der Waals surface area (Å²) in [6, 6.07) is 33.0. The molecule has 6 heteroatoms. The predicted molar refractivity (Wildman–Crippen MR) is 139 cm³/mol. The van der Waals surface area contributed by atoms with Crippen molar-refractivity contribution < 1.29 is 18.7 Å². The molecule has 1 atom stereocenters. The smallest absolute Gasteiger partial charge is 0.339 e. The Balaban J connectivity index is 1.45. The lowest BCUT2D eigenvalue weighted by molar-refractivity contribution is -0.126. The number of amides is 1. The number of ether oxygens (including phenoxy) is 1. The maximum absolute atomic E-state index is 13.7. The summed E-state index contributed by atoms with van der Waals surface area (Å²) >= 11 is 0. The van der Waals surface area contributed by atoms with Gasteiger partial charge in [0.2, 0.25) is 5.89 Å². The molecule has 0 fully saturated rings. The lowest BCUT2D eigenvalue weighted by Crippen LogP contribution is -2.38. The standard InChI is InChI=1S/C30H24N2O4/c1-2-26(29(33)32(21-13-5-3-6-14-21)22-15-7-4-8-16-22)36-30(34)24-18-10-9-17-23(24)28-31-25-19-11-12-20-27(25)35-28/h3-20,26H,2H2,1H3. The van der Waals surface area contributed by atoms with E-state index >= 15 is 0 Å². The highest BCUT2D eigenvalue weighted by atomic mass is 16.5. The third-order valence-electron chi connectivity index (χ3n) is 5.82. The summed E-state index contributed by atoms with van der Waals surface area (Å²) in [5, 5.41) is 0. The lowest BCUT2D eigenvalue weighted by Gasteiger charge is -2.27. The van der Waals surface area contributed by atoms with Gasteiger partial charge in [-0.05, 0) is 55.0 Å². The molecule has 1 heterocycles. The van der Waals surface area contributed by atoms with Gasteiger partial charge in [-0.2, -0.15) is 0 Å². The molecule has 0 aliphatic carbocycles. The van der Waals surface area contributed by atoms with Crippen LogP contribution in [-0.4, -0.2) is 23.0 Å². The van der Waals surface area contributed by atoms with Gasteiger partial charge in [-0.25, -0.2) is 9.78 Å². The van der Waals surface area contributed by atoms with E-state index in [0.717, 1.165) is 0 Å². The molecule has 0 aliphatic rings. The Hall–Kier alpha value is -4.71. The zero-order chi connectivity index (χ0) is 24.9. The summed E-state index contributed by atoms with van der Waals surface area (Å²) in [6.45, 7) is 1.82. The van der Waals surface area contributed by atoms with E-state index in [0.29, 0.717) is 40.3 Å². The van der Waals surface area contributed by atoms with E-state index in [-0.39, 0.29) is 11.5 Å². The molecule has 36 heavy (non-hydrogen) atoms.